The summed E-state index contributed by atoms with van der Waals surface area (Å²) in [6.45, 7) is 6.12. The lowest BCUT2D eigenvalue weighted by atomic mass is 10.0. The Morgan fingerprint density at radius 2 is 1.85 bits per heavy atom. The Kier molecular flexibility index (Phi) is 2.92. The van der Waals surface area contributed by atoms with Crippen molar-refractivity contribution in [3.63, 3.8) is 0 Å². The maximum Gasteiger partial charge on any atom is 0.0175 e. The van der Waals surface area contributed by atoms with Gasteiger partial charge < -0.3 is 4.90 Å². The molecule has 2 atom stereocenters. The van der Waals surface area contributed by atoms with Crippen LogP contribution in [0.5, 0.6) is 0 Å². The zero-order chi connectivity index (χ0) is 9.26. The van der Waals surface area contributed by atoms with Gasteiger partial charge in [0.25, 0.3) is 0 Å². The highest BCUT2D eigenvalue weighted by molar-refractivity contribution is 6.25. The van der Waals surface area contributed by atoms with Gasteiger partial charge in [0.15, 0.2) is 0 Å². The Bertz CT molecular complexity index is 191. The van der Waals surface area contributed by atoms with E-state index in [9.17, 15) is 0 Å². The van der Waals surface area contributed by atoms with Gasteiger partial charge in [-0.25, -0.2) is 0 Å². The predicted octanol–water partition coefficient (Wildman–Crippen LogP) is 1.23. The molecule has 0 aromatic heterocycles. The Morgan fingerprint density at radius 3 is 2.38 bits per heavy atom. The molecule has 0 N–H and O–H groups in total. The fourth-order valence-corrected chi connectivity index (χ4v) is 2.74. The van der Waals surface area contributed by atoms with Crippen molar-refractivity contribution in [3.8, 4) is 0 Å². The topological polar surface area (TPSA) is 6.48 Å². The summed E-state index contributed by atoms with van der Waals surface area (Å²) in [6.07, 6.45) is 2.03. The molecule has 2 heterocycles. The van der Waals surface area contributed by atoms with Crippen LogP contribution in [0, 0.1) is 11.8 Å². The standard InChI is InChI=1S/C10H17ClN2/c1-12-5-9-7-13(4-2-3-11)8-10(9)6-12/h2-3,9-10H,4-8H2,1H3/b3-2+/t9-,10+. The van der Waals surface area contributed by atoms with Crippen LogP contribution in [0.3, 0.4) is 0 Å². The summed E-state index contributed by atoms with van der Waals surface area (Å²) in [4.78, 5) is 4.95. The molecule has 0 aliphatic carbocycles. The van der Waals surface area contributed by atoms with E-state index in [1.807, 2.05) is 6.08 Å². The predicted molar refractivity (Wildman–Crippen MR) is 55.9 cm³/mol. The van der Waals surface area contributed by atoms with Gasteiger partial charge in [-0.2, -0.15) is 0 Å². The third kappa shape index (κ3) is 2.06. The first kappa shape index (κ1) is 9.50. The van der Waals surface area contributed by atoms with Crippen LogP contribution in [0.1, 0.15) is 0 Å². The van der Waals surface area contributed by atoms with Crippen molar-refractivity contribution in [3.05, 3.63) is 11.6 Å². The molecule has 0 bridgehead atoms. The zero-order valence-corrected chi connectivity index (χ0v) is 8.87. The smallest absolute Gasteiger partial charge is 0.0175 e. The molecule has 2 nitrogen and oxygen atoms in total. The highest BCUT2D eigenvalue weighted by Crippen LogP contribution is 2.29. The molecule has 0 aromatic carbocycles. The van der Waals surface area contributed by atoms with Crippen LogP contribution in [0.2, 0.25) is 0 Å². The van der Waals surface area contributed by atoms with Gasteiger partial charge >= 0.3 is 0 Å². The lowest BCUT2D eigenvalue weighted by molar-refractivity contribution is 0.298. The first-order valence-corrected chi connectivity index (χ1v) is 5.39. The van der Waals surface area contributed by atoms with Crippen LogP contribution in [-0.4, -0.2) is 49.6 Å². The van der Waals surface area contributed by atoms with Crippen LogP contribution >= 0.6 is 11.6 Å². The van der Waals surface area contributed by atoms with Crippen LogP contribution < -0.4 is 0 Å². The minimum Gasteiger partial charge on any atom is -0.306 e. The molecule has 13 heavy (non-hydrogen) atoms. The number of nitrogens with zero attached hydrogens (tertiary/aromatic N) is 2. The average molecular weight is 201 g/mol. The van der Waals surface area contributed by atoms with Crippen molar-refractivity contribution < 1.29 is 0 Å². The van der Waals surface area contributed by atoms with Crippen LogP contribution in [0.15, 0.2) is 11.6 Å². The number of hydrogen-bond acceptors (Lipinski definition) is 2. The van der Waals surface area contributed by atoms with Gasteiger partial charge in [0, 0.05) is 38.3 Å². The highest BCUT2D eigenvalue weighted by Gasteiger charge is 2.37. The van der Waals surface area contributed by atoms with Gasteiger partial charge in [0.2, 0.25) is 0 Å². The molecule has 0 aromatic rings. The lowest BCUT2D eigenvalue weighted by Gasteiger charge is -2.16. The summed E-state index contributed by atoms with van der Waals surface area (Å²) in [5.41, 5.74) is 1.63. The first-order chi connectivity index (χ1) is 6.29. The third-order valence-electron chi connectivity index (χ3n) is 3.20. The average Bonchev–Trinajstić information content (AvgIpc) is 2.57. The van der Waals surface area contributed by atoms with Crippen molar-refractivity contribution in [1.29, 1.82) is 0 Å². The molecular formula is C10H17ClN2. The van der Waals surface area contributed by atoms with Crippen molar-refractivity contribution in [1.82, 2.24) is 9.80 Å². The maximum absolute atomic E-state index is 5.51. The van der Waals surface area contributed by atoms with Crippen molar-refractivity contribution in [2.24, 2.45) is 11.8 Å². The Labute approximate surface area is 85.1 Å². The Balaban J connectivity index is 1.83. The van der Waals surface area contributed by atoms with Crippen molar-refractivity contribution >= 4 is 11.6 Å². The molecule has 2 fully saturated rings. The highest BCUT2D eigenvalue weighted by atomic mass is 35.5. The van der Waals surface area contributed by atoms with Crippen LogP contribution in [-0.2, 0) is 0 Å². The maximum atomic E-state index is 5.51. The molecule has 2 saturated heterocycles. The molecule has 0 unspecified atom stereocenters. The van der Waals surface area contributed by atoms with Crippen LogP contribution in [0.25, 0.3) is 0 Å². The van der Waals surface area contributed by atoms with Crippen molar-refractivity contribution in [2.45, 2.75) is 0 Å². The van der Waals surface area contributed by atoms with E-state index < -0.39 is 0 Å². The zero-order valence-electron chi connectivity index (χ0n) is 8.12. The second kappa shape index (κ2) is 3.99. The largest absolute Gasteiger partial charge is 0.306 e. The van der Waals surface area contributed by atoms with Gasteiger partial charge in [0.1, 0.15) is 0 Å². The molecule has 74 valence electrons. The molecule has 2 rings (SSSR count). The normalized spacial score (nSPS) is 36.2. The Morgan fingerprint density at radius 1 is 1.23 bits per heavy atom. The van der Waals surface area contributed by atoms with Gasteiger partial charge in [-0.3, -0.25) is 4.90 Å². The fraction of sp³-hybridized carbons (Fsp3) is 0.800. The number of fused-ring (bicyclic) bond motifs is 1. The fourth-order valence-electron chi connectivity index (χ4n) is 2.66. The second-order valence-corrected chi connectivity index (χ2v) is 4.57. The van der Waals surface area contributed by atoms with E-state index in [0.29, 0.717) is 0 Å². The van der Waals surface area contributed by atoms with Crippen LogP contribution in [0.4, 0.5) is 0 Å². The number of halogens is 1. The summed E-state index contributed by atoms with van der Waals surface area (Å²) >= 11 is 5.51. The minimum atomic E-state index is 0.911. The van der Waals surface area contributed by atoms with Gasteiger partial charge in [-0.1, -0.05) is 17.7 Å². The molecule has 2 aliphatic rings. The summed E-state index contributed by atoms with van der Waals surface area (Å²) in [6, 6.07) is 0. The van der Waals surface area contributed by atoms with E-state index in [2.05, 4.69) is 16.8 Å². The molecular weight excluding hydrogens is 184 g/mol. The Hall–Kier alpha value is -0.0500. The van der Waals surface area contributed by atoms with E-state index in [4.69, 9.17) is 11.6 Å². The van der Waals surface area contributed by atoms with Gasteiger partial charge in [-0.15, -0.1) is 0 Å². The SMILES string of the molecule is CN1C[C@@H]2CN(C/C=C/Cl)C[C@@H]2C1. The number of rotatable bonds is 2. The lowest BCUT2D eigenvalue weighted by Crippen LogP contribution is -2.26. The van der Waals surface area contributed by atoms with E-state index in [-0.39, 0.29) is 0 Å². The second-order valence-electron chi connectivity index (χ2n) is 4.32. The van der Waals surface area contributed by atoms with E-state index in [0.717, 1.165) is 18.4 Å². The van der Waals surface area contributed by atoms with E-state index in [1.54, 1.807) is 5.54 Å². The molecule has 0 amide bonds. The molecule has 3 heteroatoms. The van der Waals surface area contributed by atoms with Gasteiger partial charge in [0.05, 0.1) is 0 Å². The minimum absolute atomic E-state index is 0.911. The summed E-state index contributed by atoms with van der Waals surface area (Å²) in [7, 11) is 2.22. The van der Waals surface area contributed by atoms with Gasteiger partial charge in [-0.05, 0) is 18.9 Å². The first-order valence-electron chi connectivity index (χ1n) is 4.95. The molecule has 2 aliphatic heterocycles. The van der Waals surface area contributed by atoms with Crippen molar-refractivity contribution in [2.75, 3.05) is 39.8 Å². The monoisotopic (exact) mass is 200 g/mol. The third-order valence-corrected chi connectivity index (χ3v) is 3.38. The summed E-state index contributed by atoms with van der Waals surface area (Å²) in [5.74, 6) is 1.82. The summed E-state index contributed by atoms with van der Waals surface area (Å²) in [5, 5.41) is 0. The number of likely N-dealkylation sites (tertiary alicyclic amines) is 2. The molecule has 0 saturated carbocycles. The molecule has 0 spiro atoms. The quantitative estimate of drug-likeness (QED) is 0.662. The van der Waals surface area contributed by atoms with E-state index in [1.165, 1.54) is 26.2 Å². The van der Waals surface area contributed by atoms with E-state index >= 15 is 0 Å². The summed E-state index contributed by atoms with van der Waals surface area (Å²) < 4.78 is 0. The number of hydrogen-bond donors (Lipinski definition) is 0. The molecule has 0 radical (unpaired) electrons.